The number of hydrogen-bond donors (Lipinski definition) is 2. The molecule has 0 radical (unpaired) electrons. The van der Waals surface area contributed by atoms with E-state index in [9.17, 15) is 8.42 Å². The van der Waals surface area contributed by atoms with Crippen LogP contribution in [0.4, 0.5) is 0 Å². The molecule has 110 valence electrons. The number of unbranched alkanes of at least 4 members (excludes halogenated alkanes) is 1. The molecule has 0 aliphatic heterocycles. The quantitative estimate of drug-likeness (QED) is 0.652. The average Bonchev–Trinajstić information content (AvgIpc) is 2.77. The maximum atomic E-state index is 11.8. The van der Waals surface area contributed by atoms with E-state index in [4.69, 9.17) is 0 Å². The van der Waals surface area contributed by atoms with Gasteiger partial charge < -0.3 is 5.32 Å². The van der Waals surface area contributed by atoms with E-state index < -0.39 is 10.0 Å². The first-order chi connectivity index (χ1) is 9.03. The number of thiophene rings is 1. The summed E-state index contributed by atoms with van der Waals surface area (Å²) in [5.74, 6) is 0.213. The predicted octanol–water partition coefficient (Wildman–Crippen LogP) is 2.26. The van der Waals surface area contributed by atoms with Crippen molar-refractivity contribution >= 4 is 21.4 Å². The lowest BCUT2D eigenvalue weighted by atomic mass is 10.3. The number of sulfonamides is 1. The largest absolute Gasteiger partial charge is 0.317 e. The summed E-state index contributed by atoms with van der Waals surface area (Å²) in [7, 11) is -3.13. The third-order valence-corrected chi connectivity index (χ3v) is 5.12. The Morgan fingerprint density at radius 2 is 2.00 bits per heavy atom. The SMILES string of the molecule is CCCNCCCCS(=O)(=O)NCc1ccc(C)s1. The van der Waals surface area contributed by atoms with E-state index in [-0.39, 0.29) is 5.75 Å². The molecule has 2 N–H and O–H groups in total. The molecule has 1 aromatic heterocycles. The molecule has 4 nitrogen and oxygen atoms in total. The molecule has 0 aliphatic rings. The Bertz CT molecular complexity index is 455. The van der Waals surface area contributed by atoms with E-state index in [2.05, 4.69) is 17.0 Å². The van der Waals surface area contributed by atoms with Crippen molar-refractivity contribution in [3.63, 3.8) is 0 Å². The van der Waals surface area contributed by atoms with Crippen LogP contribution in [0.3, 0.4) is 0 Å². The summed E-state index contributed by atoms with van der Waals surface area (Å²) in [6.45, 7) is 6.45. The van der Waals surface area contributed by atoms with Crippen LogP contribution in [0.1, 0.15) is 35.9 Å². The van der Waals surface area contributed by atoms with Gasteiger partial charge in [-0.2, -0.15) is 0 Å². The highest BCUT2D eigenvalue weighted by atomic mass is 32.2. The summed E-state index contributed by atoms with van der Waals surface area (Å²) in [5.41, 5.74) is 0. The monoisotopic (exact) mass is 304 g/mol. The Balaban J connectivity index is 2.17. The molecule has 0 aromatic carbocycles. The van der Waals surface area contributed by atoms with Gasteiger partial charge in [0.2, 0.25) is 10.0 Å². The lowest BCUT2D eigenvalue weighted by molar-refractivity contribution is 0.573. The van der Waals surface area contributed by atoms with Gasteiger partial charge in [-0.05, 0) is 51.4 Å². The maximum absolute atomic E-state index is 11.8. The van der Waals surface area contributed by atoms with Crippen LogP contribution in [-0.2, 0) is 16.6 Å². The van der Waals surface area contributed by atoms with Crippen molar-refractivity contribution < 1.29 is 8.42 Å². The Morgan fingerprint density at radius 3 is 2.63 bits per heavy atom. The minimum absolute atomic E-state index is 0.213. The molecule has 0 fully saturated rings. The average molecular weight is 304 g/mol. The normalized spacial score (nSPS) is 11.9. The van der Waals surface area contributed by atoms with Gasteiger partial charge in [-0.25, -0.2) is 13.1 Å². The molecular formula is C13H24N2O2S2. The standard InChI is InChI=1S/C13H24N2O2S2/c1-3-8-14-9-4-5-10-19(16,17)15-11-13-7-6-12(2)18-13/h6-7,14-15H,3-5,8-11H2,1-2H3. The molecule has 1 heterocycles. The maximum Gasteiger partial charge on any atom is 0.211 e. The van der Waals surface area contributed by atoms with Crippen LogP contribution >= 0.6 is 11.3 Å². The van der Waals surface area contributed by atoms with Crippen molar-refractivity contribution in [2.75, 3.05) is 18.8 Å². The zero-order valence-electron chi connectivity index (χ0n) is 11.7. The Hall–Kier alpha value is -0.430. The van der Waals surface area contributed by atoms with Gasteiger partial charge in [0.05, 0.1) is 5.75 Å². The Kier molecular flexibility index (Phi) is 7.60. The van der Waals surface area contributed by atoms with E-state index in [0.717, 1.165) is 30.8 Å². The summed E-state index contributed by atoms with van der Waals surface area (Å²) < 4.78 is 26.2. The minimum Gasteiger partial charge on any atom is -0.317 e. The topological polar surface area (TPSA) is 58.2 Å². The summed E-state index contributed by atoms with van der Waals surface area (Å²) in [4.78, 5) is 2.27. The van der Waals surface area contributed by atoms with Crippen molar-refractivity contribution in [2.24, 2.45) is 0 Å². The fraction of sp³-hybridized carbons (Fsp3) is 0.692. The van der Waals surface area contributed by atoms with Crippen LogP contribution in [0.5, 0.6) is 0 Å². The van der Waals surface area contributed by atoms with Crippen molar-refractivity contribution in [2.45, 2.75) is 39.7 Å². The zero-order valence-corrected chi connectivity index (χ0v) is 13.4. The fourth-order valence-electron chi connectivity index (χ4n) is 1.68. The molecule has 0 amide bonds. The van der Waals surface area contributed by atoms with E-state index >= 15 is 0 Å². The molecule has 0 saturated carbocycles. The van der Waals surface area contributed by atoms with Crippen LogP contribution in [0.15, 0.2) is 12.1 Å². The van der Waals surface area contributed by atoms with Crippen LogP contribution in [0.2, 0.25) is 0 Å². The minimum atomic E-state index is -3.13. The summed E-state index contributed by atoms with van der Waals surface area (Å²) in [5, 5.41) is 3.27. The van der Waals surface area contributed by atoms with Gasteiger partial charge in [0.25, 0.3) is 0 Å². The number of rotatable bonds is 10. The van der Waals surface area contributed by atoms with Crippen molar-refractivity contribution in [3.8, 4) is 0 Å². The smallest absolute Gasteiger partial charge is 0.211 e. The van der Waals surface area contributed by atoms with Crippen LogP contribution in [0.25, 0.3) is 0 Å². The van der Waals surface area contributed by atoms with E-state index in [1.165, 1.54) is 4.88 Å². The van der Waals surface area contributed by atoms with Crippen molar-refractivity contribution in [3.05, 3.63) is 21.9 Å². The third kappa shape index (κ3) is 7.67. The Morgan fingerprint density at radius 1 is 1.21 bits per heavy atom. The van der Waals surface area contributed by atoms with E-state index in [0.29, 0.717) is 13.0 Å². The van der Waals surface area contributed by atoms with Gasteiger partial charge in [0.15, 0.2) is 0 Å². The molecule has 0 bridgehead atoms. The molecule has 0 aliphatic carbocycles. The van der Waals surface area contributed by atoms with Crippen LogP contribution < -0.4 is 10.0 Å². The highest BCUT2D eigenvalue weighted by molar-refractivity contribution is 7.89. The second-order valence-corrected chi connectivity index (χ2v) is 7.91. The molecule has 0 spiro atoms. The van der Waals surface area contributed by atoms with Gasteiger partial charge in [0.1, 0.15) is 0 Å². The first-order valence-electron chi connectivity index (χ1n) is 6.77. The zero-order chi connectivity index (χ0) is 14.1. The molecule has 1 rings (SSSR count). The first kappa shape index (κ1) is 16.6. The van der Waals surface area contributed by atoms with Crippen LogP contribution in [-0.4, -0.2) is 27.3 Å². The van der Waals surface area contributed by atoms with Crippen LogP contribution in [0, 0.1) is 6.92 Å². The highest BCUT2D eigenvalue weighted by Gasteiger charge is 2.09. The van der Waals surface area contributed by atoms with E-state index in [1.807, 2.05) is 19.1 Å². The molecule has 19 heavy (non-hydrogen) atoms. The summed E-state index contributed by atoms with van der Waals surface area (Å²) >= 11 is 1.63. The molecule has 6 heteroatoms. The van der Waals surface area contributed by atoms with Crippen molar-refractivity contribution in [1.82, 2.24) is 10.0 Å². The lowest BCUT2D eigenvalue weighted by Crippen LogP contribution is -2.26. The summed E-state index contributed by atoms with van der Waals surface area (Å²) in [6.07, 6.45) is 2.72. The van der Waals surface area contributed by atoms with Gasteiger partial charge in [-0.1, -0.05) is 6.92 Å². The van der Waals surface area contributed by atoms with Gasteiger partial charge in [0, 0.05) is 16.3 Å². The highest BCUT2D eigenvalue weighted by Crippen LogP contribution is 2.14. The predicted molar refractivity (Wildman–Crippen MR) is 82.1 cm³/mol. The molecular weight excluding hydrogens is 280 g/mol. The fourth-order valence-corrected chi connectivity index (χ4v) is 3.70. The first-order valence-corrected chi connectivity index (χ1v) is 9.24. The molecule has 0 unspecified atom stereocenters. The van der Waals surface area contributed by atoms with Gasteiger partial charge >= 0.3 is 0 Å². The lowest BCUT2D eigenvalue weighted by Gasteiger charge is -2.06. The Labute approximate surface area is 120 Å². The summed E-state index contributed by atoms with van der Waals surface area (Å²) in [6, 6.07) is 3.98. The molecule has 0 saturated heterocycles. The molecule has 0 atom stereocenters. The van der Waals surface area contributed by atoms with E-state index in [1.54, 1.807) is 11.3 Å². The number of nitrogens with one attached hydrogen (secondary N) is 2. The van der Waals surface area contributed by atoms with Gasteiger partial charge in [-0.15, -0.1) is 11.3 Å². The molecule has 1 aromatic rings. The van der Waals surface area contributed by atoms with Gasteiger partial charge in [-0.3, -0.25) is 0 Å². The van der Waals surface area contributed by atoms with Crippen molar-refractivity contribution in [1.29, 1.82) is 0 Å². The third-order valence-electron chi connectivity index (χ3n) is 2.71. The second-order valence-electron chi connectivity index (χ2n) is 4.61. The second kappa shape index (κ2) is 8.68. The number of hydrogen-bond acceptors (Lipinski definition) is 4. The number of aryl methyl sites for hydroxylation is 1.